The number of likely N-dealkylation sites (N-methyl/N-ethyl adjacent to an activating group) is 1. The van der Waals surface area contributed by atoms with Crippen LogP contribution in [0.2, 0.25) is 0 Å². The normalized spacial score (nSPS) is 23.1. The van der Waals surface area contributed by atoms with Gasteiger partial charge in [-0.2, -0.15) is 13.2 Å². The maximum absolute atomic E-state index is 12.8. The molecule has 0 aromatic carbocycles. The number of halogens is 3. The SMILES string of the molecule is CN1CC(NC(=O)c2ccc3nncn3c2)CCC1C(F)(F)F. The Morgan fingerprint density at radius 3 is 2.83 bits per heavy atom. The van der Waals surface area contributed by atoms with Crippen molar-refractivity contribution in [2.75, 3.05) is 13.6 Å². The summed E-state index contributed by atoms with van der Waals surface area (Å²) < 4.78 is 40.1. The van der Waals surface area contributed by atoms with Crippen molar-refractivity contribution in [3.05, 3.63) is 30.2 Å². The Morgan fingerprint density at radius 1 is 1.35 bits per heavy atom. The van der Waals surface area contributed by atoms with Gasteiger partial charge in [0.2, 0.25) is 0 Å². The van der Waals surface area contributed by atoms with Crippen LogP contribution in [0.4, 0.5) is 13.2 Å². The lowest BCUT2D eigenvalue weighted by atomic mass is 9.98. The molecule has 1 saturated heterocycles. The van der Waals surface area contributed by atoms with E-state index in [1.807, 2.05) is 0 Å². The predicted molar refractivity (Wildman–Crippen MR) is 75.9 cm³/mol. The van der Waals surface area contributed by atoms with Gasteiger partial charge in [0.1, 0.15) is 12.4 Å². The lowest BCUT2D eigenvalue weighted by molar-refractivity contribution is -0.188. The molecule has 23 heavy (non-hydrogen) atoms. The summed E-state index contributed by atoms with van der Waals surface area (Å²) in [4.78, 5) is 13.5. The first kappa shape index (κ1) is 15.7. The van der Waals surface area contributed by atoms with E-state index in [4.69, 9.17) is 0 Å². The topological polar surface area (TPSA) is 62.5 Å². The Labute approximate surface area is 130 Å². The van der Waals surface area contributed by atoms with Gasteiger partial charge >= 0.3 is 6.18 Å². The fraction of sp³-hybridized carbons (Fsp3) is 0.500. The molecule has 0 saturated carbocycles. The van der Waals surface area contributed by atoms with Gasteiger partial charge in [-0.25, -0.2) is 0 Å². The van der Waals surface area contributed by atoms with Crippen molar-refractivity contribution in [3.63, 3.8) is 0 Å². The number of amides is 1. The van der Waals surface area contributed by atoms with Crippen LogP contribution in [0, 0.1) is 0 Å². The van der Waals surface area contributed by atoms with Crippen molar-refractivity contribution in [1.82, 2.24) is 24.8 Å². The number of hydrogen-bond donors (Lipinski definition) is 1. The molecule has 0 radical (unpaired) electrons. The number of carbonyl (C=O) groups is 1. The van der Waals surface area contributed by atoms with Crippen LogP contribution in [0.5, 0.6) is 0 Å². The second kappa shape index (κ2) is 5.80. The van der Waals surface area contributed by atoms with E-state index in [1.54, 1.807) is 22.7 Å². The Balaban J connectivity index is 1.64. The van der Waals surface area contributed by atoms with Crippen molar-refractivity contribution in [3.8, 4) is 0 Å². The molecule has 6 nitrogen and oxygen atoms in total. The second-order valence-corrected chi connectivity index (χ2v) is 5.76. The van der Waals surface area contributed by atoms with E-state index in [2.05, 4.69) is 15.5 Å². The first-order valence-electron chi connectivity index (χ1n) is 7.22. The Kier molecular flexibility index (Phi) is 3.97. The molecule has 2 atom stereocenters. The molecule has 0 spiro atoms. The van der Waals surface area contributed by atoms with Crippen LogP contribution in [0.1, 0.15) is 23.2 Å². The number of aromatic nitrogens is 3. The van der Waals surface area contributed by atoms with Crippen LogP contribution >= 0.6 is 0 Å². The number of alkyl halides is 3. The Hall–Kier alpha value is -2.16. The molecular weight excluding hydrogens is 311 g/mol. The first-order valence-corrected chi connectivity index (χ1v) is 7.22. The summed E-state index contributed by atoms with van der Waals surface area (Å²) in [5.74, 6) is -0.315. The van der Waals surface area contributed by atoms with Crippen LogP contribution in [0.3, 0.4) is 0 Å². The third-order valence-electron chi connectivity index (χ3n) is 4.10. The average Bonchev–Trinajstić information content (AvgIpc) is 2.93. The van der Waals surface area contributed by atoms with E-state index in [0.29, 0.717) is 17.6 Å². The molecule has 124 valence electrons. The van der Waals surface area contributed by atoms with Crippen LogP contribution in [0.25, 0.3) is 5.65 Å². The predicted octanol–water partition coefficient (Wildman–Crippen LogP) is 1.48. The molecule has 1 aliphatic heterocycles. The van der Waals surface area contributed by atoms with Gasteiger partial charge in [0.15, 0.2) is 5.65 Å². The van der Waals surface area contributed by atoms with Gasteiger partial charge < -0.3 is 5.32 Å². The average molecular weight is 327 g/mol. The third-order valence-corrected chi connectivity index (χ3v) is 4.10. The molecule has 1 fully saturated rings. The lowest BCUT2D eigenvalue weighted by Crippen LogP contribution is -2.54. The summed E-state index contributed by atoms with van der Waals surface area (Å²) in [6.45, 7) is 0.171. The standard InChI is InChI=1S/C14H16F3N5O/c1-21-7-10(3-4-11(21)14(15,16)17)19-13(23)9-2-5-12-20-18-8-22(12)6-9/h2,5-6,8,10-11H,3-4,7H2,1H3,(H,19,23). The number of hydrogen-bond acceptors (Lipinski definition) is 4. The van der Waals surface area contributed by atoms with Gasteiger partial charge in [-0.05, 0) is 32.0 Å². The minimum absolute atomic E-state index is 0.0184. The molecule has 1 aliphatic rings. The van der Waals surface area contributed by atoms with Crippen LogP contribution < -0.4 is 5.32 Å². The quantitative estimate of drug-likeness (QED) is 0.908. The molecule has 9 heteroatoms. The van der Waals surface area contributed by atoms with E-state index >= 15 is 0 Å². The summed E-state index contributed by atoms with van der Waals surface area (Å²) in [5.41, 5.74) is 1.03. The molecule has 0 aliphatic carbocycles. The molecule has 1 N–H and O–H groups in total. The van der Waals surface area contributed by atoms with E-state index in [-0.39, 0.29) is 24.9 Å². The molecule has 3 rings (SSSR count). The maximum Gasteiger partial charge on any atom is 0.404 e. The van der Waals surface area contributed by atoms with Crippen LogP contribution in [-0.2, 0) is 0 Å². The fourth-order valence-electron chi connectivity index (χ4n) is 2.91. The first-order chi connectivity index (χ1) is 10.8. The molecular formula is C14H16F3N5O. The van der Waals surface area contributed by atoms with E-state index < -0.39 is 12.2 Å². The number of pyridine rings is 1. The van der Waals surface area contributed by atoms with Crippen LogP contribution in [0.15, 0.2) is 24.7 Å². The van der Waals surface area contributed by atoms with Crippen molar-refractivity contribution in [1.29, 1.82) is 0 Å². The van der Waals surface area contributed by atoms with Gasteiger partial charge in [-0.15, -0.1) is 10.2 Å². The van der Waals surface area contributed by atoms with Crippen LogP contribution in [-0.4, -0.2) is 57.3 Å². The van der Waals surface area contributed by atoms with E-state index in [1.165, 1.54) is 18.3 Å². The van der Waals surface area contributed by atoms with Gasteiger partial charge in [-0.1, -0.05) is 0 Å². The molecule has 3 heterocycles. The summed E-state index contributed by atoms with van der Waals surface area (Å²) in [6, 6.07) is 1.53. The third kappa shape index (κ3) is 3.29. The highest BCUT2D eigenvalue weighted by Crippen LogP contribution is 2.30. The van der Waals surface area contributed by atoms with Crippen molar-refractivity contribution < 1.29 is 18.0 Å². The highest BCUT2D eigenvalue weighted by molar-refractivity contribution is 5.94. The number of carbonyl (C=O) groups excluding carboxylic acids is 1. The number of rotatable bonds is 2. The summed E-state index contributed by atoms with van der Waals surface area (Å²) in [6.07, 6.45) is -0.877. The van der Waals surface area contributed by atoms with Gasteiger partial charge in [0.05, 0.1) is 5.56 Å². The number of likely N-dealkylation sites (tertiary alicyclic amines) is 1. The molecule has 2 unspecified atom stereocenters. The zero-order valence-electron chi connectivity index (χ0n) is 12.4. The summed E-state index contributed by atoms with van der Waals surface area (Å²) in [7, 11) is 1.43. The highest BCUT2D eigenvalue weighted by atomic mass is 19.4. The van der Waals surface area contributed by atoms with Crippen molar-refractivity contribution >= 4 is 11.6 Å². The highest BCUT2D eigenvalue weighted by Gasteiger charge is 2.44. The lowest BCUT2D eigenvalue weighted by Gasteiger charge is -2.38. The summed E-state index contributed by atoms with van der Waals surface area (Å²) in [5, 5.41) is 10.4. The summed E-state index contributed by atoms with van der Waals surface area (Å²) >= 11 is 0. The number of piperidine rings is 1. The van der Waals surface area contributed by atoms with Crippen molar-refractivity contribution in [2.45, 2.75) is 31.1 Å². The number of nitrogens with one attached hydrogen (secondary N) is 1. The Bertz CT molecular complexity index is 714. The molecule has 2 aromatic heterocycles. The van der Waals surface area contributed by atoms with Gasteiger partial charge in [0, 0.05) is 18.8 Å². The van der Waals surface area contributed by atoms with E-state index in [9.17, 15) is 18.0 Å². The largest absolute Gasteiger partial charge is 0.404 e. The minimum Gasteiger partial charge on any atom is -0.348 e. The molecule has 0 bridgehead atoms. The molecule has 2 aromatic rings. The zero-order chi connectivity index (χ0) is 16.6. The fourth-order valence-corrected chi connectivity index (χ4v) is 2.91. The van der Waals surface area contributed by atoms with E-state index in [0.717, 1.165) is 0 Å². The van der Waals surface area contributed by atoms with Crippen molar-refractivity contribution in [2.24, 2.45) is 0 Å². The smallest absolute Gasteiger partial charge is 0.348 e. The molecule has 1 amide bonds. The monoisotopic (exact) mass is 327 g/mol. The zero-order valence-corrected chi connectivity index (χ0v) is 12.4. The Morgan fingerprint density at radius 2 is 2.13 bits per heavy atom. The van der Waals surface area contributed by atoms with Gasteiger partial charge in [0.25, 0.3) is 5.91 Å². The number of nitrogens with zero attached hydrogens (tertiary/aromatic N) is 4. The number of fused-ring (bicyclic) bond motifs is 1. The second-order valence-electron chi connectivity index (χ2n) is 5.76. The maximum atomic E-state index is 12.8. The van der Waals surface area contributed by atoms with Gasteiger partial charge in [-0.3, -0.25) is 14.1 Å². The minimum atomic E-state index is -4.23.